The maximum atomic E-state index is 13.2. The molecule has 2 heterocycles. The van der Waals surface area contributed by atoms with Crippen molar-refractivity contribution in [3.8, 4) is 17.9 Å². The van der Waals surface area contributed by atoms with Crippen molar-refractivity contribution in [2.24, 2.45) is 0 Å². The Morgan fingerprint density at radius 1 is 1.21 bits per heavy atom. The molecule has 2 aliphatic rings. The van der Waals surface area contributed by atoms with Gasteiger partial charge >= 0.3 is 0 Å². The number of amides is 1. The van der Waals surface area contributed by atoms with E-state index in [0.29, 0.717) is 30.0 Å². The highest BCUT2D eigenvalue weighted by atomic mass is 16.5. The number of hydrogen-bond donors (Lipinski definition) is 0. The van der Waals surface area contributed by atoms with Gasteiger partial charge in [-0.05, 0) is 56.5 Å². The number of nitriles is 2. The molecular formula is C26H29N5O3. The second-order valence-corrected chi connectivity index (χ2v) is 8.94. The highest BCUT2D eigenvalue weighted by Crippen LogP contribution is 2.51. The van der Waals surface area contributed by atoms with Crippen LogP contribution in [-0.4, -0.2) is 54.7 Å². The lowest BCUT2D eigenvalue weighted by atomic mass is 10.0. The first-order chi connectivity index (χ1) is 16.4. The molecule has 1 saturated carbocycles. The van der Waals surface area contributed by atoms with Crippen molar-refractivity contribution in [2.45, 2.75) is 50.8 Å². The summed E-state index contributed by atoms with van der Waals surface area (Å²) in [6.45, 7) is 5.31. The maximum Gasteiger partial charge on any atom is 0.248 e. The van der Waals surface area contributed by atoms with Crippen LogP contribution in [0, 0.1) is 22.7 Å². The van der Waals surface area contributed by atoms with E-state index < -0.39 is 5.60 Å². The average molecular weight is 460 g/mol. The van der Waals surface area contributed by atoms with Gasteiger partial charge in [0.25, 0.3) is 0 Å². The Morgan fingerprint density at radius 3 is 2.59 bits per heavy atom. The predicted octanol–water partition coefficient (Wildman–Crippen LogP) is 3.36. The lowest BCUT2D eigenvalue weighted by Gasteiger charge is -2.46. The number of piperazine rings is 1. The van der Waals surface area contributed by atoms with Crippen LogP contribution in [0.5, 0.6) is 5.75 Å². The van der Waals surface area contributed by atoms with Crippen molar-refractivity contribution in [1.82, 2.24) is 9.88 Å². The van der Waals surface area contributed by atoms with Crippen molar-refractivity contribution in [3.05, 3.63) is 53.2 Å². The van der Waals surface area contributed by atoms with Crippen molar-refractivity contribution < 1.29 is 14.3 Å². The fourth-order valence-electron chi connectivity index (χ4n) is 4.75. The third kappa shape index (κ3) is 4.55. The highest BCUT2D eigenvalue weighted by Gasteiger charge is 2.48. The van der Waals surface area contributed by atoms with Crippen LogP contribution in [-0.2, 0) is 15.1 Å². The number of carbonyl (C=O) groups is 1. The number of carbonyl (C=O) groups excluding carboxylic acids is 1. The number of methoxy groups -OCH3 is 1. The number of nitrogens with zero attached hydrogens (tertiary/aromatic N) is 5. The zero-order chi connectivity index (χ0) is 24.3. The minimum Gasteiger partial charge on any atom is -0.497 e. The minimum atomic E-state index is -0.598. The standard InChI is InChI=1S/C26H29N5O3/c1-4-21-16-30(15-18(2)31(21)24-8-5-19(12-27)14-29-24)25(32)17-34-26(9-10-26)23-11-22(33-3)7-6-20(23)13-28/h5-8,11,14,18,21H,4,9-10,15-17H2,1-3H3. The lowest BCUT2D eigenvalue weighted by Crippen LogP contribution is -2.60. The number of benzene rings is 1. The van der Waals surface area contributed by atoms with Gasteiger partial charge in [-0.15, -0.1) is 0 Å². The Kier molecular flexibility index (Phi) is 6.72. The normalized spacial score (nSPS) is 20.9. The molecular weight excluding hydrogens is 430 g/mol. The largest absolute Gasteiger partial charge is 0.497 e. The highest BCUT2D eigenvalue weighted by molar-refractivity contribution is 5.78. The summed E-state index contributed by atoms with van der Waals surface area (Å²) in [5.74, 6) is 1.44. The quantitative estimate of drug-likeness (QED) is 0.625. The van der Waals surface area contributed by atoms with E-state index in [-0.39, 0.29) is 24.6 Å². The molecule has 8 nitrogen and oxygen atoms in total. The fourth-order valence-corrected chi connectivity index (χ4v) is 4.75. The molecule has 2 fully saturated rings. The van der Waals surface area contributed by atoms with Gasteiger partial charge in [-0.1, -0.05) is 6.92 Å². The van der Waals surface area contributed by atoms with E-state index >= 15 is 0 Å². The molecule has 4 rings (SSSR count). The number of rotatable bonds is 7. The molecule has 2 atom stereocenters. The summed E-state index contributed by atoms with van der Waals surface area (Å²) in [5, 5.41) is 18.6. The SMILES string of the molecule is CCC1CN(C(=O)COC2(c3cc(OC)ccc3C#N)CC2)CC(C)N1c1ccc(C#N)cn1. The van der Waals surface area contributed by atoms with E-state index in [1.807, 2.05) is 17.0 Å². The van der Waals surface area contributed by atoms with E-state index in [1.54, 1.807) is 31.5 Å². The van der Waals surface area contributed by atoms with E-state index in [4.69, 9.17) is 14.7 Å². The Hall–Kier alpha value is -3.62. The van der Waals surface area contributed by atoms with Gasteiger partial charge in [-0.3, -0.25) is 4.79 Å². The lowest BCUT2D eigenvalue weighted by molar-refractivity contribution is -0.140. The third-order valence-corrected chi connectivity index (χ3v) is 6.76. The molecule has 1 aliphatic carbocycles. The number of aromatic nitrogens is 1. The predicted molar refractivity (Wildman–Crippen MR) is 126 cm³/mol. The molecule has 2 aromatic rings. The van der Waals surface area contributed by atoms with Crippen molar-refractivity contribution in [3.63, 3.8) is 0 Å². The average Bonchev–Trinajstić information content (AvgIpc) is 3.67. The van der Waals surface area contributed by atoms with Gasteiger partial charge in [0.2, 0.25) is 5.91 Å². The maximum absolute atomic E-state index is 13.2. The number of ether oxygens (including phenoxy) is 2. The fraction of sp³-hybridized carbons (Fsp3) is 0.462. The van der Waals surface area contributed by atoms with Crippen molar-refractivity contribution in [1.29, 1.82) is 10.5 Å². The molecule has 176 valence electrons. The molecule has 0 N–H and O–H groups in total. The van der Waals surface area contributed by atoms with Crippen LogP contribution in [0.15, 0.2) is 36.5 Å². The molecule has 1 aromatic carbocycles. The molecule has 0 bridgehead atoms. The first-order valence-electron chi connectivity index (χ1n) is 11.6. The number of anilines is 1. The molecule has 34 heavy (non-hydrogen) atoms. The van der Waals surface area contributed by atoms with E-state index in [0.717, 1.165) is 30.6 Å². The topological polar surface area (TPSA) is 102 Å². The summed E-state index contributed by atoms with van der Waals surface area (Å²) < 4.78 is 11.5. The zero-order valence-electron chi connectivity index (χ0n) is 19.8. The summed E-state index contributed by atoms with van der Waals surface area (Å²) in [7, 11) is 1.59. The van der Waals surface area contributed by atoms with Crippen LogP contribution in [0.3, 0.4) is 0 Å². The zero-order valence-corrected chi connectivity index (χ0v) is 19.8. The second-order valence-electron chi connectivity index (χ2n) is 8.94. The number of hydrogen-bond acceptors (Lipinski definition) is 7. The van der Waals surface area contributed by atoms with E-state index in [1.165, 1.54) is 0 Å². The Bertz CT molecular complexity index is 1130. The monoisotopic (exact) mass is 459 g/mol. The third-order valence-electron chi connectivity index (χ3n) is 6.76. The van der Waals surface area contributed by atoms with Gasteiger partial charge in [0.1, 0.15) is 24.2 Å². The summed E-state index contributed by atoms with van der Waals surface area (Å²) in [5.41, 5.74) is 1.27. The van der Waals surface area contributed by atoms with Crippen LogP contribution < -0.4 is 9.64 Å². The summed E-state index contributed by atoms with van der Waals surface area (Å²) in [6.07, 6.45) is 3.99. The Morgan fingerprint density at radius 2 is 2.00 bits per heavy atom. The molecule has 2 unspecified atom stereocenters. The molecule has 8 heteroatoms. The van der Waals surface area contributed by atoms with Gasteiger partial charge in [0.05, 0.1) is 29.9 Å². The molecule has 1 amide bonds. The summed E-state index contributed by atoms with van der Waals surface area (Å²) >= 11 is 0. The summed E-state index contributed by atoms with van der Waals surface area (Å²) in [6, 6.07) is 13.5. The van der Waals surface area contributed by atoms with Gasteiger partial charge < -0.3 is 19.3 Å². The number of pyridine rings is 1. The first-order valence-corrected chi connectivity index (χ1v) is 11.6. The van der Waals surface area contributed by atoms with Crippen molar-refractivity contribution >= 4 is 11.7 Å². The Labute approximate surface area is 200 Å². The van der Waals surface area contributed by atoms with Crippen molar-refractivity contribution in [2.75, 3.05) is 31.7 Å². The van der Waals surface area contributed by atoms with E-state index in [9.17, 15) is 10.1 Å². The van der Waals surface area contributed by atoms with Crippen LogP contribution in [0.4, 0.5) is 5.82 Å². The van der Waals surface area contributed by atoms with Gasteiger partial charge in [-0.25, -0.2) is 4.98 Å². The van der Waals surface area contributed by atoms with Crippen LogP contribution in [0.2, 0.25) is 0 Å². The molecule has 1 aliphatic heterocycles. The first kappa shape index (κ1) is 23.5. The molecule has 1 aromatic heterocycles. The van der Waals surface area contributed by atoms with Crippen LogP contribution in [0.25, 0.3) is 0 Å². The van der Waals surface area contributed by atoms with Crippen LogP contribution >= 0.6 is 0 Å². The minimum absolute atomic E-state index is 0.0274. The smallest absolute Gasteiger partial charge is 0.248 e. The van der Waals surface area contributed by atoms with E-state index in [2.05, 4.69) is 35.9 Å². The molecule has 0 radical (unpaired) electrons. The van der Waals surface area contributed by atoms with Crippen LogP contribution in [0.1, 0.15) is 49.8 Å². The summed E-state index contributed by atoms with van der Waals surface area (Å²) in [4.78, 5) is 21.7. The molecule has 1 saturated heterocycles. The van der Waals surface area contributed by atoms with Gasteiger partial charge in [0.15, 0.2) is 0 Å². The van der Waals surface area contributed by atoms with Gasteiger partial charge in [-0.2, -0.15) is 10.5 Å². The second kappa shape index (κ2) is 9.70. The molecule has 0 spiro atoms. The van der Waals surface area contributed by atoms with Gasteiger partial charge in [0, 0.05) is 36.9 Å². The Balaban J connectivity index is 1.44.